The number of carbonyl (C=O) groups is 1. The average molecular weight is 507 g/mol. The van der Waals surface area contributed by atoms with Crippen LogP contribution in [0.25, 0.3) is 0 Å². The van der Waals surface area contributed by atoms with E-state index >= 15 is 0 Å². The van der Waals surface area contributed by atoms with Crippen LogP contribution in [-0.4, -0.2) is 42.7 Å². The average Bonchev–Trinajstić information content (AvgIpc) is 2.73. The van der Waals surface area contributed by atoms with Gasteiger partial charge in [-0.2, -0.15) is 22.0 Å². The maximum absolute atomic E-state index is 14.9. The lowest BCUT2D eigenvalue weighted by Gasteiger charge is -2.41. The van der Waals surface area contributed by atoms with Crippen molar-refractivity contribution in [2.24, 2.45) is 29.6 Å². The van der Waals surface area contributed by atoms with Crippen LogP contribution >= 0.6 is 0 Å². The summed E-state index contributed by atoms with van der Waals surface area (Å²) in [5, 5.41) is 0. The van der Waals surface area contributed by atoms with Crippen LogP contribution in [0.3, 0.4) is 0 Å². The van der Waals surface area contributed by atoms with Crippen LogP contribution in [0, 0.1) is 29.6 Å². The van der Waals surface area contributed by atoms with E-state index < -0.39 is 73.8 Å². The van der Waals surface area contributed by atoms with Gasteiger partial charge in [0.05, 0.1) is 5.92 Å². The molecule has 0 bridgehead atoms. The maximum Gasteiger partial charge on any atom is 0.453 e. The van der Waals surface area contributed by atoms with E-state index in [1.165, 1.54) is 0 Å². The second-order valence-electron chi connectivity index (χ2n) is 10.5. The number of alkyl halides is 8. The Balaban J connectivity index is 1.51. The molecule has 3 aliphatic rings. The molecule has 0 N–H and O–H groups in total. The van der Waals surface area contributed by atoms with Crippen molar-refractivity contribution in [1.82, 2.24) is 0 Å². The summed E-state index contributed by atoms with van der Waals surface area (Å²) in [6.07, 6.45) is -9.20. The van der Waals surface area contributed by atoms with Gasteiger partial charge in [0.2, 0.25) is 0 Å². The van der Waals surface area contributed by atoms with Gasteiger partial charge in [0, 0.05) is 6.42 Å². The molecule has 2 nitrogen and oxygen atoms in total. The van der Waals surface area contributed by atoms with Crippen LogP contribution in [0.4, 0.5) is 35.1 Å². The van der Waals surface area contributed by atoms with Gasteiger partial charge in [-0.05, 0) is 56.3 Å². The summed E-state index contributed by atoms with van der Waals surface area (Å²) in [4.78, 5) is 12.5. The minimum Gasteiger partial charge on any atom is -0.462 e. The van der Waals surface area contributed by atoms with Crippen molar-refractivity contribution in [1.29, 1.82) is 0 Å². The summed E-state index contributed by atoms with van der Waals surface area (Å²) in [7, 11) is 0. The minimum atomic E-state index is -5.89. The molecular formula is C24H34F8O2. The van der Waals surface area contributed by atoms with Gasteiger partial charge in [-0.15, -0.1) is 0 Å². The molecule has 0 aromatic heterocycles. The Morgan fingerprint density at radius 1 is 0.794 bits per heavy atom. The monoisotopic (exact) mass is 506 g/mol. The van der Waals surface area contributed by atoms with Crippen LogP contribution in [0.1, 0.15) is 77.6 Å². The summed E-state index contributed by atoms with van der Waals surface area (Å²) < 4.78 is 114. The third-order valence-electron chi connectivity index (χ3n) is 8.21. The fourth-order valence-corrected chi connectivity index (χ4v) is 6.28. The van der Waals surface area contributed by atoms with Crippen LogP contribution in [0.15, 0.2) is 0 Å². The molecule has 0 heterocycles. The largest absolute Gasteiger partial charge is 0.462 e. The number of rotatable bonds is 6. The number of hydrogen-bond acceptors (Lipinski definition) is 2. The van der Waals surface area contributed by atoms with Crippen LogP contribution in [-0.2, 0) is 9.53 Å². The Morgan fingerprint density at radius 3 is 1.88 bits per heavy atom. The lowest BCUT2D eigenvalue weighted by Crippen LogP contribution is -2.50. The molecule has 34 heavy (non-hydrogen) atoms. The molecule has 198 valence electrons. The molecule has 3 rings (SSSR count). The van der Waals surface area contributed by atoms with Crippen molar-refractivity contribution in [2.45, 2.75) is 114 Å². The fraction of sp³-hybridized carbons (Fsp3) is 0.958. The second kappa shape index (κ2) is 10.9. The highest BCUT2D eigenvalue weighted by atomic mass is 19.4. The normalized spacial score (nSPS) is 40.1. The first kappa shape index (κ1) is 27.5. The summed E-state index contributed by atoms with van der Waals surface area (Å²) in [6, 6.07) is 0. The zero-order valence-corrected chi connectivity index (χ0v) is 19.3. The van der Waals surface area contributed by atoms with E-state index in [1.807, 2.05) is 0 Å². The number of halogens is 8. The minimum absolute atomic E-state index is 0.0274. The van der Waals surface area contributed by atoms with Gasteiger partial charge in [0.1, 0.15) is 30.5 Å². The van der Waals surface area contributed by atoms with Gasteiger partial charge in [-0.25, -0.2) is 13.2 Å². The topological polar surface area (TPSA) is 26.3 Å². The molecule has 10 heteroatoms. The molecule has 0 radical (unpaired) electrons. The summed E-state index contributed by atoms with van der Waals surface area (Å²) in [6.45, 7) is 2.13. The van der Waals surface area contributed by atoms with E-state index in [9.17, 15) is 39.9 Å². The van der Waals surface area contributed by atoms with Crippen molar-refractivity contribution in [3.8, 4) is 0 Å². The van der Waals surface area contributed by atoms with E-state index in [0.717, 1.165) is 38.5 Å². The lowest BCUT2D eigenvalue weighted by atomic mass is 9.67. The molecular weight excluding hydrogens is 472 g/mol. The quantitative estimate of drug-likeness (QED) is 0.275. The van der Waals surface area contributed by atoms with Gasteiger partial charge in [0.15, 0.2) is 0 Å². The van der Waals surface area contributed by atoms with Crippen LogP contribution in [0.2, 0.25) is 0 Å². The predicted octanol–water partition coefficient (Wildman–Crippen LogP) is 7.54. The van der Waals surface area contributed by atoms with E-state index in [2.05, 4.69) is 6.92 Å². The number of hydrogen-bond donors (Lipinski definition) is 0. The smallest absolute Gasteiger partial charge is 0.453 e. The molecule has 0 spiro atoms. The maximum atomic E-state index is 14.9. The van der Waals surface area contributed by atoms with Crippen molar-refractivity contribution >= 4 is 5.97 Å². The fourth-order valence-electron chi connectivity index (χ4n) is 6.28. The second-order valence-corrected chi connectivity index (χ2v) is 10.5. The zero-order chi connectivity index (χ0) is 25.3. The Labute approximate surface area is 195 Å². The molecule has 5 atom stereocenters. The Hall–Kier alpha value is -1.09. The van der Waals surface area contributed by atoms with E-state index in [-0.39, 0.29) is 24.7 Å². The standard InChI is InChI=1S/C24H34F8O2/c1-2-3-13-4-6-14(7-5-13)15-10-19(26)21(20(27)11-15)22(33)34-16-8-9-17(18(25)12-16)23(28,29)24(30,31)32/h13-21H,2-12H2,1H3. The van der Waals surface area contributed by atoms with Gasteiger partial charge in [-0.3, -0.25) is 4.79 Å². The lowest BCUT2D eigenvalue weighted by molar-refractivity contribution is -0.313. The molecule has 3 fully saturated rings. The van der Waals surface area contributed by atoms with Crippen LogP contribution < -0.4 is 0 Å². The summed E-state index contributed by atoms with van der Waals surface area (Å²) in [5.74, 6) is -9.98. The van der Waals surface area contributed by atoms with Crippen molar-refractivity contribution in [3.63, 3.8) is 0 Å². The molecule has 0 saturated heterocycles. The Bertz CT molecular complexity index is 664. The third-order valence-corrected chi connectivity index (χ3v) is 8.21. The van der Waals surface area contributed by atoms with Crippen molar-refractivity contribution < 1.29 is 44.7 Å². The van der Waals surface area contributed by atoms with Crippen molar-refractivity contribution in [2.75, 3.05) is 0 Å². The van der Waals surface area contributed by atoms with Gasteiger partial charge >= 0.3 is 18.1 Å². The Morgan fingerprint density at radius 2 is 1.38 bits per heavy atom. The highest BCUT2D eigenvalue weighted by Crippen LogP contribution is 2.49. The first-order valence-corrected chi connectivity index (χ1v) is 12.4. The molecule has 0 aromatic rings. The zero-order valence-electron chi connectivity index (χ0n) is 19.3. The van der Waals surface area contributed by atoms with Gasteiger partial charge in [0.25, 0.3) is 0 Å². The number of ether oxygens (including phenoxy) is 1. The van der Waals surface area contributed by atoms with E-state index in [0.29, 0.717) is 5.92 Å². The summed E-state index contributed by atoms with van der Waals surface area (Å²) in [5.41, 5.74) is 0. The Kier molecular flexibility index (Phi) is 8.81. The van der Waals surface area contributed by atoms with Crippen LogP contribution in [0.5, 0.6) is 0 Å². The first-order chi connectivity index (χ1) is 15.8. The van der Waals surface area contributed by atoms with Crippen molar-refractivity contribution in [3.05, 3.63) is 0 Å². The highest BCUT2D eigenvalue weighted by molar-refractivity contribution is 5.74. The molecule has 0 aliphatic heterocycles. The molecule has 3 saturated carbocycles. The van der Waals surface area contributed by atoms with E-state index in [4.69, 9.17) is 4.74 Å². The molecule has 0 amide bonds. The van der Waals surface area contributed by atoms with E-state index in [1.54, 1.807) is 0 Å². The highest BCUT2D eigenvalue weighted by Gasteiger charge is 2.65. The molecule has 5 unspecified atom stereocenters. The summed E-state index contributed by atoms with van der Waals surface area (Å²) >= 11 is 0. The SMILES string of the molecule is CCCC1CCC(C2CC(F)C(C(=O)OC3CCC(C(F)(F)C(F)(F)F)C(F)C3)C(F)C2)CC1. The van der Waals surface area contributed by atoms with Gasteiger partial charge < -0.3 is 4.74 Å². The predicted molar refractivity (Wildman–Crippen MR) is 109 cm³/mol. The molecule has 3 aliphatic carbocycles. The number of carbonyl (C=O) groups excluding carboxylic acids is 1. The molecule has 0 aromatic carbocycles. The number of esters is 1. The first-order valence-electron chi connectivity index (χ1n) is 12.4. The third kappa shape index (κ3) is 6.00. The van der Waals surface area contributed by atoms with Gasteiger partial charge in [-0.1, -0.05) is 32.6 Å².